The zero-order valence-electron chi connectivity index (χ0n) is 14.1. The predicted octanol–water partition coefficient (Wildman–Crippen LogP) is 1.11. The molecule has 0 aromatic heterocycles. The number of carbonyl (C=O) groups excluding carboxylic acids is 1. The number of hydrogen-bond donors (Lipinski definition) is 3. The van der Waals surface area contributed by atoms with Crippen molar-refractivity contribution in [2.24, 2.45) is 11.8 Å². The standard InChI is InChI=1S/C17H27N3O3S/c1-14(15-7-9-18-10-8-15)13-17(21)19-11-12-20-24(22,23)16-5-3-2-4-6-16/h2-6,14-15,18,20H,7-13H2,1H3,(H,19,21). The number of rotatable bonds is 8. The Morgan fingerprint density at radius 3 is 2.54 bits per heavy atom. The number of amides is 1. The normalized spacial score (nSPS) is 17.4. The third-order valence-electron chi connectivity index (χ3n) is 4.49. The number of nitrogens with one attached hydrogen (secondary N) is 3. The smallest absolute Gasteiger partial charge is 0.240 e. The van der Waals surface area contributed by atoms with Gasteiger partial charge in [-0.1, -0.05) is 25.1 Å². The summed E-state index contributed by atoms with van der Waals surface area (Å²) in [5.41, 5.74) is 0. The van der Waals surface area contributed by atoms with Crippen LogP contribution in [-0.2, 0) is 14.8 Å². The van der Waals surface area contributed by atoms with Gasteiger partial charge in [0.1, 0.15) is 0 Å². The number of carbonyl (C=O) groups is 1. The van der Waals surface area contributed by atoms with Crippen molar-refractivity contribution in [3.63, 3.8) is 0 Å². The van der Waals surface area contributed by atoms with Crippen molar-refractivity contribution in [1.29, 1.82) is 0 Å². The van der Waals surface area contributed by atoms with E-state index in [1.807, 2.05) is 0 Å². The Hall–Kier alpha value is -1.44. The molecule has 1 aromatic rings. The Kier molecular flexibility index (Phi) is 7.20. The van der Waals surface area contributed by atoms with Crippen LogP contribution < -0.4 is 15.4 Å². The van der Waals surface area contributed by atoms with Crippen LogP contribution in [0.5, 0.6) is 0 Å². The minimum Gasteiger partial charge on any atom is -0.355 e. The summed E-state index contributed by atoms with van der Waals surface area (Å²) in [5.74, 6) is 0.932. The van der Waals surface area contributed by atoms with Gasteiger partial charge in [-0.15, -0.1) is 0 Å². The van der Waals surface area contributed by atoms with Crippen molar-refractivity contribution in [3.8, 4) is 0 Å². The summed E-state index contributed by atoms with van der Waals surface area (Å²) in [6.07, 6.45) is 2.73. The van der Waals surface area contributed by atoms with Crippen LogP contribution >= 0.6 is 0 Å². The topological polar surface area (TPSA) is 87.3 Å². The van der Waals surface area contributed by atoms with E-state index in [4.69, 9.17) is 0 Å². The van der Waals surface area contributed by atoms with Crippen molar-refractivity contribution < 1.29 is 13.2 Å². The molecule has 3 N–H and O–H groups in total. The molecule has 1 saturated heterocycles. The lowest BCUT2D eigenvalue weighted by molar-refractivity contribution is -0.122. The zero-order chi connectivity index (χ0) is 17.4. The van der Waals surface area contributed by atoms with Crippen LogP contribution in [0.3, 0.4) is 0 Å². The number of piperidine rings is 1. The molecule has 0 bridgehead atoms. The van der Waals surface area contributed by atoms with Crippen molar-refractivity contribution in [2.45, 2.75) is 31.1 Å². The summed E-state index contributed by atoms with van der Waals surface area (Å²) in [5, 5.41) is 6.12. The molecule has 134 valence electrons. The minimum atomic E-state index is -3.51. The first-order valence-electron chi connectivity index (χ1n) is 8.51. The van der Waals surface area contributed by atoms with Crippen molar-refractivity contribution >= 4 is 15.9 Å². The van der Waals surface area contributed by atoms with Crippen molar-refractivity contribution in [2.75, 3.05) is 26.2 Å². The van der Waals surface area contributed by atoms with Gasteiger partial charge >= 0.3 is 0 Å². The van der Waals surface area contributed by atoms with E-state index in [9.17, 15) is 13.2 Å². The van der Waals surface area contributed by atoms with E-state index in [-0.39, 0.29) is 17.3 Å². The minimum absolute atomic E-state index is 0.0139. The summed E-state index contributed by atoms with van der Waals surface area (Å²) < 4.78 is 26.6. The first kappa shape index (κ1) is 18.9. The highest BCUT2D eigenvalue weighted by molar-refractivity contribution is 7.89. The fourth-order valence-electron chi connectivity index (χ4n) is 3.01. The second-order valence-electron chi connectivity index (χ2n) is 6.33. The van der Waals surface area contributed by atoms with Crippen LogP contribution in [0.2, 0.25) is 0 Å². The molecule has 1 amide bonds. The maximum absolute atomic E-state index is 12.0. The zero-order valence-corrected chi connectivity index (χ0v) is 14.9. The van der Waals surface area contributed by atoms with Crippen LogP contribution in [0.4, 0.5) is 0 Å². The molecule has 6 nitrogen and oxygen atoms in total. The maximum Gasteiger partial charge on any atom is 0.240 e. The monoisotopic (exact) mass is 353 g/mol. The first-order valence-corrected chi connectivity index (χ1v) is 9.99. The summed E-state index contributed by atoms with van der Waals surface area (Å²) >= 11 is 0. The van der Waals surface area contributed by atoms with E-state index < -0.39 is 10.0 Å². The van der Waals surface area contributed by atoms with E-state index >= 15 is 0 Å². The van der Waals surface area contributed by atoms with Crippen molar-refractivity contribution in [1.82, 2.24) is 15.4 Å². The molecule has 2 rings (SSSR count). The molecule has 1 unspecified atom stereocenters. The van der Waals surface area contributed by atoms with Gasteiger partial charge in [0.05, 0.1) is 4.90 Å². The van der Waals surface area contributed by atoms with E-state index in [0.29, 0.717) is 24.8 Å². The summed E-state index contributed by atoms with van der Waals surface area (Å²) in [6, 6.07) is 8.21. The van der Waals surface area contributed by atoms with Gasteiger partial charge in [0.15, 0.2) is 0 Å². The maximum atomic E-state index is 12.0. The Morgan fingerprint density at radius 2 is 1.88 bits per heavy atom. The van der Waals surface area contributed by atoms with E-state index in [1.54, 1.807) is 30.3 Å². The molecule has 24 heavy (non-hydrogen) atoms. The van der Waals surface area contributed by atoms with Gasteiger partial charge in [-0.2, -0.15) is 0 Å². The van der Waals surface area contributed by atoms with Gasteiger partial charge in [-0.05, 0) is 49.9 Å². The van der Waals surface area contributed by atoms with Crippen LogP contribution in [0.1, 0.15) is 26.2 Å². The van der Waals surface area contributed by atoms with Crippen LogP contribution in [-0.4, -0.2) is 40.5 Å². The molecule has 1 atom stereocenters. The Balaban J connectivity index is 1.67. The SMILES string of the molecule is CC(CC(=O)NCCNS(=O)(=O)c1ccccc1)C1CCNCC1. The Bertz CT molecular complexity index is 613. The van der Waals surface area contributed by atoms with Gasteiger partial charge in [0.2, 0.25) is 15.9 Å². The van der Waals surface area contributed by atoms with E-state index in [0.717, 1.165) is 25.9 Å². The Labute approximate surface area is 144 Å². The second kappa shape index (κ2) is 9.15. The molecule has 1 heterocycles. The highest BCUT2D eigenvalue weighted by Gasteiger charge is 2.21. The summed E-state index contributed by atoms with van der Waals surface area (Å²) in [7, 11) is -3.51. The molecule has 1 fully saturated rings. The summed E-state index contributed by atoms with van der Waals surface area (Å²) in [4.78, 5) is 12.2. The molecule has 7 heteroatoms. The molecule has 0 radical (unpaired) electrons. The fourth-order valence-corrected chi connectivity index (χ4v) is 4.07. The highest BCUT2D eigenvalue weighted by atomic mass is 32.2. The van der Waals surface area contributed by atoms with Crippen molar-refractivity contribution in [3.05, 3.63) is 30.3 Å². The summed E-state index contributed by atoms with van der Waals surface area (Å²) in [6.45, 7) is 4.65. The lowest BCUT2D eigenvalue weighted by Crippen LogP contribution is -2.36. The molecule has 0 aliphatic carbocycles. The quantitative estimate of drug-likeness (QED) is 0.611. The molecule has 0 spiro atoms. The molecular formula is C17H27N3O3S. The van der Waals surface area contributed by atoms with E-state index in [1.165, 1.54) is 0 Å². The lowest BCUT2D eigenvalue weighted by Gasteiger charge is -2.27. The van der Waals surface area contributed by atoms with Crippen LogP contribution in [0, 0.1) is 11.8 Å². The number of sulfonamides is 1. The van der Waals surface area contributed by atoms with Gasteiger partial charge in [0.25, 0.3) is 0 Å². The number of benzene rings is 1. The predicted molar refractivity (Wildman–Crippen MR) is 94.0 cm³/mol. The molecular weight excluding hydrogens is 326 g/mol. The first-order chi connectivity index (χ1) is 11.5. The Morgan fingerprint density at radius 1 is 1.21 bits per heavy atom. The highest BCUT2D eigenvalue weighted by Crippen LogP contribution is 2.23. The molecule has 1 aliphatic rings. The fraction of sp³-hybridized carbons (Fsp3) is 0.588. The van der Waals surface area contributed by atoms with Gasteiger partial charge in [-0.3, -0.25) is 4.79 Å². The number of hydrogen-bond acceptors (Lipinski definition) is 4. The lowest BCUT2D eigenvalue weighted by atomic mass is 9.84. The molecule has 1 aromatic carbocycles. The largest absolute Gasteiger partial charge is 0.355 e. The molecule has 1 aliphatic heterocycles. The van der Waals surface area contributed by atoms with Gasteiger partial charge in [-0.25, -0.2) is 13.1 Å². The second-order valence-corrected chi connectivity index (χ2v) is 8.10. The molecule has 0 saturated carbocycles. The third kappa shape index (κ3) is 5.89. The van der Waals surface area contributed by atoms with Gasteiger partial charge in [0, 0.05) is 19.5 Å². The van der Waals surface area contributed by atoms with Crippen LogP contribution in [0.25, 0.3) is 0 Å². The third-order valence-corrected chi connectivity index (χ3v) is 5.97. The average molecular weight is 353 g/mol. The average Bonchev–Trinajstić information content (AvgIpc) is 2.60. The van der Waals surface area contributed by atoms with Gasteiger partial charge < -0.3 is 10.6 Å². The van der Waals surface area contributed by atoms with Crippen LogP contribution in [0.15, 0.2) is 35.2 Å². The van der Waals surface area contributed by atoms with E-state index in [2.05, 4.69) is 22.3 Å².